The van der Waals surface area contributed by atoms with Crippen molar-refractivity contribution in [3.63, 3.8) is 0 Å². The topological polar surface area (TPSA) is 57.2 Å². The summed E-state index contributed by atoms with van der Waals surface area (Å²) < 4.78 is 24.4. The fourth-order valence-corrected chi connectivity index (χ4v) is 7.77. The van der Waals surface area contributed by atoms with Gasteiger partial charge >= 0.3 is 0 Å². The van der Waals surface area contributed by atoms with Gasteiger partial charge in [-0.25, -0.2) is 0 Å². The zero-order valence-electron chi connectivity index (χ0n) is 20.0. The highest BCUT2D eigenvalue weighted by Crippen LogP contribution is 2.63. The second kappa shape index (κ2) is 9.14. The van der Waals surface area contributed by atoms with Crippen LogP contribution in [0.4, 0.5) is 0 Å². The Morgan fingerprint density at radius 2 is 1.70 bits per heavy atom. The summed E-state index contributed by atoms with van der Waals surface area (Å²) in [6.07, 6.45) is 11.9. The lowest BCUT2D eigenvalue weighted by molar-refractivity contribution is -0.213. The van der Waals surface area contributed by atoms with Crippen molar-refractivity contribution in [2.45, 2.75) is 108 Å². The fourth-order valence-electron chi connectivity index (χ4n) is 7.77. The van der Waals surface area contributed by atoms with Crippen LogP contribution < -0.4 is 4.74 Å². The van der Waals surface area contributed by atoms with E-state index in [9.17, 15) is 5.11 Å². The number of ether oxygens (including phenoxy) is 4. The largest absolute Gasteiger partial charge is 0.465 e. The minimum Gasteiger partial charge on any atom is -0.465 e. The Morgan fingerprint density at radius 1 is 0.909 bits per heavy atom. The molecule has 5 heteroatoms. The minimum absolute atomic E-state index is 0.0127. The van der Waals surface area contributed by atoms with E-state index in [1.54, 1.807) is 0 Å². The normalized spacial score (nSPS) is 42.8. The summed E-state index contributed by atoms with van der Waals surface area (Å²) in [4.78, 5) is 0. The number of benzene rings is 1. The van der Waals surface area contributed by atoms with Crippen molar-refractivity contribution < 1.29 is 24.1 Å². The van der Waals surface area contributed by atoms with E-state index in [1.165, 1.54) is 31.2 Å². The molecule has 0 amide bonds. The van der Waals surface area contributed by atoms with Crippen LogP contribution in [0.25, 0.3) is 0 Å². The first-order valence-corrected chi connectivity index (χ1v) is 13.5. The van der Waals surface area contributed by atoms with Gasteiger partial charge in [0.15, 0.2) is 12.6 Å². The quantitative estimate of drug-likeness (QED) is 0.616. The molecule has 33 heavy (non-hydrogen) atoms. The SMILES string of the molecule is C[C@]12CC[C@@H]3c4ccc(O[C@@H]5CCCCO5)cc4[C@H](O)C[C@H]3[C@@H]1CC[C@@H]2O[C@H]1CCCCO1. The van der Waals surface area contributed by atoms with Gasteiger partial charge in [-0.1, -0.05) is 13.0 Å². The summed E-state index contributed by atoms with van der Waals surface area (Å²) in [5, 5.41) is 11.2. The Balaban J connectivity index is 1.19. The van der Waals surface area contributed by atoms with Crippen molar-refractivity contribution in [2.24, 2.45) is 17.3 Å². The van der Waals surface area contributed by atoms with E-state index < -0.39 is 6.10 Å². The van der Waals surface area contributed by atoms with E-state index in [0.717, 1.165) is 69.5 Å². The minimum atomic E-state index is -0.416. The van der Waals surface area contributed by atoms with Gasteiger partial charge < -0.3 is 24.1 Å². The van der Waals surface area contributed by atoms with Crippen molar-refractivity contribution in [3.8, 4) is 5.75 Å². The molecular weight excluding hydrogens is 416 g/mol. The maximum absolute atomic E-state index is 11.2. The van der Waals surface area contributed by atoms with Gasteiger partial charge in [-0.3, -0.25) is 0 Å². The van der Waals surface area contributed by atoms with Gasteiger partial charge in [0.2, 0.25) is 0 Å². The number of fused-ring (bicyclic) bond motifs is 5. The Kier molecular flexibility index (Phi) is 6.19. The number of rotatable bonds is 4. The van der Waals surface area contributed by atoms with Crippen LogP contribution in [0.2, 0.25) is 0 Å². The van der Waals surface area contributed by atoms with Crippen molar-refractivity contribution in [1.29, 1.82) is 0 Å². The lowest BCUT2D eigenvalue weighted by Gasteiger charge is -2.51. The first kappa shape index (κ1) is 22.3. The monoisotopic (exact) mass is 456 g/mol. The third-order valence-electron chi connectivity index (χ3n) is 9.52. The van der Waals surface area contributed by atoms with Gasteiger partial charge in [0.25, 0.3) is 0 Å². The molecular formula is C28H40O5. The van der Waals surface area contributed by atoms with Gasteiger partial charge in [0.05, 0.1) is 18.8 Å². The highest BCUT2D eigenvalue weighted by atomic mass is 16.7. The lowest BCUT2D eigenvalue weighted by Crippen LogP contribution is -2.46. The van der Waals surface area contributed by atoms with Crippen molar-refractivity contribution in [3.05, 3.63) is 29.3 Å². The van der Waals surface area contributed by atoms with Crippen molar-refractivity contribution in [2.75, 3.05) is 13.2 Å². The summed E-state index contributed by atoms with van der Waals surface area (Å²) in [6.45, 7) is 4.07. The molecule has 2 saturated heterocycles. The Labute approximate surface area is 198 Å². The summed E-state index contributed by atoms with van der Waals surface area (Å²) in [5.41, 5.74) is 2.62. The molecule has 182 valence electrons. The van der Waals surface area contributed by atoms with Gasteiger partial charge in [0.1, 0.15) is 5.75 Å². The van der Waals surface area contributed by atoms with Crippen molar-refractivity contribution in [1.82, 2.24) is 0 Å². The third-order valence-corrected chi connectivity index (χ3v) is 9.52. The Bertz CT molecular complexity index is 830. The molecule has 0 unspecified atom stereocenters. The highest BCUT2D eigenvalue weighted by Gasteiger charge is 2.56. The molecule has 0 aromatic heterocycles. The molecule has 4 fully saturated rings. The molecule has 8 atom stereocenters. The summed E-state index contributed by atoms with van der Waals surface area (Å²) in [7, 11) is 0. The van der Waals surface area contributed by atoms with Crippen molar-refractivity contribution >= 4 is 0 Å². The van der Waals surface area contributed by atoms with Gasteiger partial charge in [0, 0.05) is 13.0 Å². The van der Waals surface area contributed by atoms with Gasteiger partial charge in [-0.2, -0.15) is 0 Å². The molecule has 0 radical (unpaired) electrons. The molecule has 2 saturated carbocycles. The molecule has 3 aliphatic carbocycles. The van der Waals surface area contributed by atoms with E-state index in [1.807, 2.05) is 0 Å². The smallest absolute Gasteiger partial charge is 0.199 e. The fraction of sp³-hybridized carbons (Fsp3) is 0.786. The molecule has 5 nitrogen and oxygen atoms in total. The van der Waals surface area contributed by atoms with Crippen LogP contribution in [-0.4, -0.2) is 37.0 Å². The zero-order valence-corrected chi connectivity index (χ0v) is 20.0. The number of aliphatic hydroxyl groups is 1. The van der Waals surface area contributed by atoms with Crippen LogP contribution in [0.5, 0.6) is 5.75 Å². The second-order valence-corrected chi connectivity index (χ2v) is 11.4. The van der Waals surface area contributed by atoms with E-state index >= 15 is 0 Å². The maximum atomic E-state index is 11.2. The predicted molar refractivity (Wildman–Crippen MR) is 125 cm³/mol. The van der Waals surface area contributed by atoms with Crippen LogP contribution in [0.3, 0.4) is 0 Å². The second-order valence-electron chi connectivity index (χ2n) is 11.4. The van der Waals surface area contributed by atoms with E-state index in [2.05, 4.69) is 25.1 Å². The van der Waals surface area contributed by atoms with Crippen LogP contribution in [-0.2, 0) is 14.2 Å². The Morgan fingerprint density at radius 3 is 2.45 bits per heavy atom. The predicted octanol–water partition coefficient (Wildman–Crippen LogP) is 5.85. The molecule has 2 heterocycles. The van der Waals surface area contributed by atoms with Crippen LogP contribution in [0.1, 0.15) is 101 Å². The Hall–Kier alpha value is -1.14. The lowest BCUT2D eigenvalue weighted by atomic mass is 9.55. The van der Waals surface area contributed by atoms with Gasteiger partial charge in [-0.05, 0) is 111 Å². The maximum Gasteiger partial charge on any atom is 0.199 e. The zero-order chi connectivity index (χ0) is 22.4. The molecule has 5 aliphatic rings. The standard InChI is InChI=1S/C28H40O5/c1-28-13-12-20-19-9-8-18(32-26-6-2-4-14-30-26)16-22(19)24(29)17-21(20)23(28)10-11-25(28)33-27-7-3-5-15-31-27/h8-9,16,20-21,23-27,29H,2-7,10-15,17H2,1H3/t20-,21-,23+,24-,25+,26-,27+,28+/m1/s1. The number of hydrogen-bond donors (Lipinski definition) is 1. The average Bonchev–Trinajstić information content (AvgIpc) is 3.17. The summed E-state index contributed by atoms with van der Waals surface area (Å²) >= 11 is 0. The van der Waals surface area contributed by atoms with Crippen LogP contribution in [0.15, 0.2) is 18.2 Å². The highest BCUT2D eigenvalue weighted by molar-refractivity contribution is 5.42. The van der Waals surface area contributed by atoms with E-state index in [4.69, 9.17) is 18.9 Å². The summed E-state index contributed by atoms with van der Waals surface area (Å²) in [5.74, 6) is 2.51. The molecule has 1 N–H and O–H groups in total. The van der Waals surface area contributed by atoms with Crippen LogP contribution >= 0.6 is 0 Å². The number of hydrogen-bond acceptors (Lipinski definition) is 5. The summed E-state index contributed by atoms with van der Waals surface area (Å²) in [6, 6.07) is 6.42. The number of aliphatic hydroxyl groups excluding tert-OH is 1. The van der Waals surface area contributed by atoms with E-state index in [-0.39, 0.29) is 24.1 Å². The molecule has 2 aliphatic heterocycles. The van der Waals surface area contributed by atoms with Crippen LogP contribution in [0, 0.1) is 17.3 Å². The van der Waals surface area contributed by atoms with E-state index in [0.29, 0.717) is 17.8 Å². The first-order valence-electron chi connectivity index (χ1n) is 13.5. The molecule has 6 rings (SSSR count). The molecule has 1 aromatic carbocycles. The average molecular weight is 457 g/mol. The first-order chi connectivity index (χ1) is 16.1. The molecule has 0 bridgehead atoms. The molecule has 0 spiro atoms. The molecule has 1 aromatic rings. The van der Waals surface area contributed by atoms with Gasteiger partial charge in [-0.15, -0.1) is 0 Å². The third kappa shape index (κ3) is 4.13.